The first kappa shape index (κ1) is 14.9. The van der Waals surface area contributed by atoms with Crippen LogP contribution in [0.25, 0.3) is 0 Å². The molecule has 1 atom stereocenters. The largest absolute Gasteiger partial charge is 0.390 e. The van der Waals surface area contributed by atoms with Crippen molar-refractivity contribution >= 4 is 5.69 Å². The van der Waals surface area contributed by atoms with Crippen LogP contribution < -0.4 is 10.2 Å². The van der Waals surface area contributed by atoms with Crippen molar-refractivity contribution in [3.8, 4) is 0 Å². The lowest BCUT2D eigenvalue weighted by molar-refractivity contribution is 0.164. The van der Waals surface area contributed by atoms with Gasteiger partial charge in [0.2, 0.25) is 0 Å². The standard InChI is InChI=1S/C13H21FN2O2/c1-16(12-5-3-4-11(14)8-12)10-13(17)9-15-6-7-18-2/h3-5,8,13,15,17H,6-7,9-10H2,1-2H3. The highest BCUT2D eigenvalue weighted by Crippen LogP contribution is 2.13. The quantitative estimate of drug-likeness (QED) is 0.677. The molecule has 2 N–H and O–H groups in total. The molecule has 1 aromatic carbocycles. The fourth-order valence-electron chi connectivity index (χ4n) is 1.64. The minimum Gasteiger partial charge on any atom is -0.390 e. The number of nitrogens with zero attached hydrogens (tertiary/aromatic N) is 1. The second-order valence-electron chi connectivity index (χ2n) is 4.21. The van der Waals surface area contributed by atoms with Crippen molar-refractivity contribution in [1.82, 2.24) is 5.32 Å². The second-order valence-corrected chi connectivity index (χ2v) is 4.21. The zero-order valence-electron chi connectivity index (χ0n) is 10.9. The van der Waals surface area contributed by atoms with Gasteiger partial charge in [0.1, 0.15) is 5.82 Å². The van der Waals surface area contributed by atoms with Gasteiger partial charge in [-0.3, -0.25) is 0 Å². The van der Waals surface area contributed by atoms with Crippen molar-refractivity contribution in [2.45, 2.75) is 6.10 Å². The van der Waals surface area contributed by atoms with Crippen molar-refractivity contribution in [3.05, 3.63) is 30.1 Å². The number of hydrogen-bond acceptors (Lipinski definition) is 4. The number of methoxy groups -OCH3 is 1. The summed E-state index contributed by atoms with van der Waals surface area (Å²) >= 11 is 0. The number of ether oxygens (including phenoxy) is 1. The van der Waals surface area contributed by atoms with Gasteiger partial charge in [0, 0.05) is 39.5 Å². The molecule has 1 aromatic rings. The van der Waals surface area contributed by atoms with Crippen LogP contribution in [0.3, 0.4) is 0 Å². The molecule has 0 amide bonds. The average Bonchev–Trinajstić information content (AvgIpc) is 2.34. The maximum atomic E-state index is 13.0. The summed E-state index contributed by atoms with van der Waals surface area (Å²) in [4.78, 5) is 1.83. The lowest BCUT2D eigenvalue weighted by Crippen LogP contribution is -2.37. The normalized spacial score (nSPS) is 12.4. The van der Waals surface area contributed by atoms with Crippen LogP contribution in [0, 0.1) is 5.82 Å². The van der Waals surface area contributed by atoms with E-state index in [1.807, 2.05) is 18.0 Å². The van der Waals surface area contributed by atoms with E-state index in [9.17, 15) is 9.50 Å². The molecule has 0 radical (unpaired) electrons. The van der Waals surface area contributed by atoms with E-state index < -0.39 is 6.10 Å². The van der Waals surface area contributed by atoms with Crippen LogP contribution in [0.1, 0.15) is 0 Å². The van der Waals surface area contributed by atoms with E-state index in [1.165, 1.54) is 12.1 Å². The van der Waals surface area contributed by atoms with Crippen molar-refractivity contribution in [2.24, 2.45) is 0 Å². The Morgan fingerprint density at radius 2 is 2.28 bits per heavy atom. The van der Waals surface area contributed by atoms with Gasteiger partial charge in [0.05, 0.1) is 12.7 Å². The summed E-state index contributed by atoms with van der Waals surface area (Å²) in [5, 5.41) is 12.9. The minimum atomic E-state index is -0.505. The van der Waals surface area contributed by atoms with Crippen molar-refractivity contribution in [1.29, 1.82) is 0 Å². The van der Waals surface area contributed by atoms with Gasteiger partial charge in [0.15, 0.2) is 0 Å². The van der Waals surface area contributed by atoms with Crippen LogP contribution in [-0.2, 0) is 4.74 Å². The molecule has 0 aliphatic rings. The third-order valence-corrected chi connectivity index (χ3v) is 2.60. The summed E-state index contributed by atoms with van der Waals surface area (Å²) < 4.78 is 17.9. The highest BCUT2D eigenvalue weighted by molar-refractivity contribution is 5.45. The topological polar surface area (TPSA) is 44.7 Å². The van der Waals surface area contributed by atoms with Gasteiger partial charge in [-0.25, -0.2) is 4.39 Å². The summed E-state index contributed by atoms with van der Waals surface area (Å²) in [7, 11) is 3.46. The Morgan fingerprint density at radius 1 is 1.50 bits per heavy atom. The first-order valence-corrected chi connectivity index (χ1v) is 5.98. The molecule has 1 unspecified atom stereocenters. The summed E-state index contributed by atoms with van der Waals surface area (Å²) in [5.74, 6) is -0.271. The smallest absolute Gasteiger partial charge is 0.125 e. The number of halogens is 1. The molecule has 0 fully saturated rings. The molecular weight excluding hydrogens is 235 g/mol. The predicted molar refractivity (Wildman–Crippen MR) is 70.4 cm³/mol. The Labute approximate surface area is 107 Å². The summed E-state index contributed by atoms with van der Waals surface area (Å²) in [5.41, 5.74) is 0.756. The molecule has 0 saturated carbocycles. The summed E-state index contributed by atoms with van der Waals surface area (Å²) in [6.07, 6.45) is -0.505. The lowest BCUT2D eigenvalue weighted by Gasteiger charge is -2.23. The van der Waals surface area contributed by atoms with Gasteiger partial charge in [-0.2, -0.15) is 0 Å². The molecule has 5 heteroatoms. The molecule has 18 heavy (non-hydrogen) atoms. The molecule has 0 saturated heterocycles. The van der Waals surface area contributed by atoms with E-state index in [-0.39, 0.29) is 5.82 Å². The predicted octanol–water partition coefficient (Wildman–Crippen LogP) is 0.859. The van der Waals surface area contributed by atoms with Crippen LogP contribution in [0.15, 0.2) is 24.3 Å². The average molecular weight is 256 g/mol. The maximum Gasteiger partial charge on any atom is 0.125 e. The highest BCUT2D eigenvalue weighted by atomic mass is 19.1. The number of rotatable bonds is 8. The van der Waals surface area contributed by atoms with Crippen LogP contribution >= 0.6 is 0 Å². The zero-order valence-corrected chi connectivity index (χ0v) is 10.9. The van der Waals surface area contributed by atoms with Gasteiger partial charge < -0.3 is 20.1 Å². The second kappa shape index (κ2) is 8.02. The monoisotopic (exact) mass is 256 g/mol. The third-order valence-electron chi connectivity index (χ3n) is 2.60. The van der Waals surface area contributed by atoms with Crippen LogP contribution in [-0.4, -0.2) is 51.6 Å². The molecule has 0 aromatic heterocycles. The Balaban J connectivity index is 2.32. The molecule has 0 heterocycles. The third kappa shape index (κ3) is 5.44. The van der Waals surface area contributed by atoms with Gasteiger partial charge >= 0.3 is 0 Å². The van der Waals surface area contributed by atoms with Crippen LogP contribution in [0.2, 0.25) is 0 Å². The van der Waals surface area contributed by atoms with E-state index >= 15 is 0 Å². The number of aliphatic hydroxyl groups is 1. The van der Waals surface area contributed by atoms with Gasteiger partial charge in [0.25, 0.3) is 0 Å². The number of hydrogen-bond donors (Lipinski definition) is 2. The molecule has 0 aliphatic heterocycles. The Hall–Kier alpha value is -1.17. The van der Waals surface area contributed by atoms with E-state index in [0.29, 0.717) is 26.2 Å². The highest BCUT2D eigenvalue weighted by Gasteiger charge is 2.08. The molecule has 1 rings (SSSR count). The van der Waals surface area contributed by atoms with E-state index in [4.69, 9.17) is 4.74 Å². The van der Waals surface area contributed by atoms with E-state index in [1.54, 1.807) is 13.2 Å². The molecular formula is C13H21FN2O2. The zero-order chi connectivity index (χ0) is 13.4. The molecule has 0 spiro atoms. The van der Waals surface area contributed by atoms with Gasteiger partial charge in [-0.05, 0) is 18.2 Å². The summed E-state index contributed by atoms with van der Waals surface area (Å²) in [6, 6.07) is 6.32. The van der Waals surface area contributed by atoms with Crippen LogP contribution in [0.5, 0.6) is 0 Å². The lowest BCUT2D eigenvalue weighted by atomic mass is 10.2. The SMILES string of the molecule is COCCNCC(O)CN(C)c1cccc(F)c1. The van der Waals surface area contributed by atoms with E-state index in [0.717, 1.165) is 5.69 Å². The van der Waals surface area contributed by atoms with Crippen molar-refractivity contribution < 1.29 is 14.2 Å². The number of nitrogens with one attached hydrogen (secondary N) is 1. The molecule has 0 bridgehead atoms. The first-order valence-electron chi connectivity index (χ1n) is 5.98. The van der Waals surface area contributed by atoms with Gasteiger partial charge in [-0.15, -0.1) is 0 Å². The number of benzene rings is 1. The molecule has 4 nitrogen and oxygen atoms in total. The Bertz CT molecular complexity index is 350. The first-order chi connectivity index (χ1) is 8.63. The minimum absolute atomic E-state index is 0.271. The molecule has 0 aliphatic carbocycles. The fraction of sp³-hybridized carbons (Fsp3) is 0.538. The van der Waals surface area contributed by atoms with Crippen molar-refractivity contribution in [2.75, 3.05) is 45.3 Å². The summed E-state index contributed by atoms with van der Waals surface area (Å²) in [6.45, 7) is 2.26. The Kier molecular flexibility index (Phi) is 6.64. The van der Waals surface area contributed by atoms with E-state index in [2.05, 4.69) is 5.32 Å². The maximum absolute atomic E-state index is 13.0. The van der Waals surface area contributed by atoms with Crippen molar-refractivity contribution in [3.63, 3.8) is 0 Å². The number of likely N-dealkylation sites (N-methyl/N-ethyl adjacent to an activating group) is 1. The van der Waals surface area contributed by atoms with Crippen LogP contribution in [0.4, 0.5) is 10.1 Å². The number of anilines is 1. The number of aliphatic hydroxyl groups excluding tert-OH is 1. The Morgan fingerprint density at radius 3 is 2.94 bits per heavy atom. The molecule has 102 valence electrons. The fourth-order valence-corrected chi connectivity index (χ4v) is 1.64. The van der Waals surface area contributed by atoms with Gasteiger partial charge in [-0.1, -0.05) is 6.07 Å².